The molecule has 11 aromatic rings. The number of benzene rings is 2. The van der Waals surface area contributed by atoms with E-state index in [1.165, 1.54) is 44.9 Å². The number of nitrogen functional groups attached to an aromatic ring is 3. The summed E-state index contributed by atoms with van der Waals surface area (Å²) < 4.78 is 62.1. The van der Waals surface area contributed by atoms with Gasteiger partial charge >= 0.3 is 12.1 Å². The van der Waals surface area contributed by atoms with E-state index in [-0.39, 0.29) is 29.6 Å². The Morgan fingerprint density at radius 1 is 0.517 bits per heavy atom. The molecule has 2 aliphatic heterocycles. The highest BCUT2D eigenvalue weighted by Crippen LogP contribution is 2.36. The number of carbonyl (C=O) groups excluding carboxylic acids is 4. The lowest BCUT2D eigenvalue weighted by molar-refractivity contribution is -0.149. The number of carboxylic acid groups (broad SMARTS) is 1. The second-order valence-corrected chi connectivity index (χ2v) is 27.7. The fourth-order valence-electron chi connectivity index (χ4n) is 10.3. The normalized spacial score (nSPS) is 12.2. The second kappa shape index (κ2) is 44.3. The Bertz CT molecular complexity index is 5400. The van der Waals surface area contributed by atoms with Crippen molar-refractivity contribution in [3.05, 3.63) is 291 Å². The van der Waals surface area contributed by atoms with Gasteiger partial charge in [-0.1, -0.05) is 36.4 Å². The van der Waals surface area contributed by atoms with E-state index in [1.807, 2.05) is 75.8 Å². The number of rotatable bonds is 17. The van der Waals surface area contributed by atoms with Crippen LogP contribution in [-0.2, 0) is 47.6 Å². The molecule has 0 saturated carbocycles. The number of methoxy groups -OCH3 is 4. The summed E-state index contributed by atoms with van der Waals surface area (Å²) in [6.45, 7) is 5.93. The smallest absolute Gasteiger partial charge is 0.417 e. The minimum atomic E-state index is -4.60. The number of carboxylic acids is 1. The van der Waals surface area contributed by atoms with E-state index in [9.17, 15) is 37.1 Å². The largest absolute Gasteiger partial charge is 0.479 e. The molecule has 0 radical (unpaired) electrons. The summed E-state index contributed by atoms with van der Waals surface area (Å²) >= 11 is 12.8. The molecule has 2 aromatic carbocycles. The molecule has 2 aliphatic rings. The van der Waals surface area contributed by atoms with E-state index in [1.54, 1.807) is 112 Å². The second-order valence-electron chi connectivity index (χ2n) is 24.4. The third kappa shape index (κ3) is 27.4. The van der Waals surface area contributed by atoms with Gasteiger partial charge in [-0.15, -0.1) is 0 Å². The van der Waals surface area contributed by atoms with Crippen LogP contribution in [0.5, 0.6) is 0 Å². The van der Waals surface area contributed by atoms with Crippen LogP contribution < -0.4 is 33.6 Å². The number of anilines is 5. The van der Waals surface area contributed by atoms with Crippen molar-refractivity contribution >= 4 is 145 Å². The number of fused-ring (bicyclic) bond motifs is 2. The molecule has 36 heteroatoms. The SMILES string of the molecule is COC(C(=O)Nc1cc(C(F)(F)F)cnc1N)c1ccc(Br)nc1.COC(C(=O)O)c1ccc(Br)nc1.COC(C1=Nc2cc(C)cnc2C1)c1ccc(Br)nc1.COC(C1=Nc2cc(C)cnc2C1)c1ccc(NC(=O)c2cccc(C#N)c2)nc1.Cc1cnc(N)c(N)c1.N#Cc1cccc(C(N)=O)c1.O=Cc1ccc(Br)nc1. The number of alkyl halides is 3. The maximum absolute atomic E-state index is 12.7. The molecule has 0 aliphatic carbocycles. The van der Waals surface area contributed by atoms with Gasteiger partial charge in [-0.25, -0.2) is 39.7 Å². The molecule has 11 N–H and O–H groups in total. The zero-order valence-corrected chi connectivity index (χ0v) is 68.9. The molecule has 11 heterocycles. The summed E-state index contributed by atoms with van der Waals surface area (Å²) in [5.41, 5.74) is 34.4. The summed E-state index contributed by atoms with van der Waals surface area (Å²) in [5, 5.41) is 31.2. The van der Waals surface area contributed by atoms with Crippen LogP contribution in [0.4, 0.5) is 53.4 Å². The number of aliphatic imine (C=N–C) groups is 2. The number of pyridine rings is 9. The van der Waals surface area contributed by atoms with Crippen molar-refractivity contribution in [1.82, 2.24) is 44.9 Å². The number of aliphatic carboxylic acids is 1. The molecule has 116 heavy (non-hydrogen) atoms. The van der Waals surface area contributed by atoms with E-state index in [0.717, 1.165) is 83.9 Å². The highest BCUT2D eigenvalue weighted by atomic mass is 79.9. The quantitative estimate of drug-likeness (QED) is 0.0329. The monoisotopic (exact) mass is 1830 g/mol. The summed E-state index contributed by atoms with van der Waals surface area (Å²) in [4.78, 5) is 102. The lowest BCUT2D eigenvalue weighted by Gasteiger charge is -2.17. The van der Waals surface area contributed by atoms with Crippen molar-refractivity contribution < 1.29 is 61.2 Å². The van der Waals surface area contributed by atoms with E-state index in [2.05, 4.69) is 130 Å². The number of nitriles is 2. The number of nitrogens with zero attached hydrogens (tertiary/aromatic N) is 13. The van der Waals surface area contributed by atoms with Gasteiger partial charge < -0.3 is 57.6 Å². The molecule has 0 saturated heterocycles. The topological polar surface area (TPSA) is 459 Å². The van der Waals surface area contributed by atoms with Crippen molar-refractivity contribution in [1.29, 1.82) is 10.5 Å². The standard InChI is InChI=1S/C23H19N5O2.C15H14BrN3O.C14H12BrF3N4O2.C8H8BrNO3.C8H6N2O.C6H4BrNO.C6H9N3/c1-14-8-19-18(25-12-14)10-20(27-19)22(30-2)17-6-7-21(26-13-17)28-23(29)16-5-3-4-15(9-16)11-24;1-9-5-12-11(17-7-9)6-13(19-12)15(20-2)10-3-4-14(16)18-8-10;1-24-11(7-2-3-10(15)20-5-7)13(23)22-9-4-8(14(16,17)18)6-21-12(9)19;1-13-7(8(11)12)5-2-3-6(9)10-4-5;9-5-6-2-1-3-7(4-6)8(10)11;7-6-2-1-5(4-9)3-8-6;1-4-2-5(7)6(8)9-3-4/h3-9,12-13,22H,10H2,1-2H3,(H,26,28,29);3-5,7-8,15H,6H2,1-2H3;2-6,11H,1H3,(H2,19,21)(H,22,23);2-4,7H,1H3,(H,11,12);1-4H,(H2,10,11);1-4H;2-3H,7H2,1H3,(H2,8,9). The van der Waals surface area contributed by atoms with Crippen molar-refractivity contribution in [3.63, 3.8) is 0 Å². The van der Waals surface area contributed by atoms with Gasteiger partial charge in [0.25, 0.3) is 11.8 Å². The molecular weight excluding hydrogens is 1760 g/mol. The van der Waals surface area contributed by atoms with E-state index in [4.69, 9.17) is 62.5 Å². The lowest BCUT2D eigenvalue weighted by atomic mass is 10.0. The molecule has 0 bridgehead atoms. The first-order valence-corrected chi connectivity index (χ1v) is 37.0. The van der Waals surface area contributed by atoms with Crippen LogP contribution in [0.15, 0.2) is 218 Å². The third-order valence-corrected chi connectivity index (χ3v) is 17.8. The first kappa shape index (κ1) is 90.8. The van der Waals surface area contributed by atoms with Crippen LogP contribution in [-0.4, -0.2) is 120 Å². The van der Waals surface area contributed by atoms with Gasteiger partial charge in [0.15, 0.2) is 18.5 Å². The van der Waals surface area contributed by atoms with Crippen molar-refractivity contribution in [2.75, 3.05) is 56.3 Å². The van der Waals surface area contributed by atoms with Crippen LogP contribution in [0.1, 0.15) is 123 Å². The maximum Gasteiger partial charge on any atom is 0.417 e. The number of halogens is 7. The number of hydrogen-bond acceptors (Lipinski definition) is 25. The Kier molecular flexibility index (Phi) is 34.7. The maximum atomic E-state index is 12.7. The molecular formula is C80H72Br4F3N19O10. The Labute approximate surface area is 696 Å². The van der Waals surface area contributed by atoms with Crippen LogP contribution in [0.2, 0.25) is 0 Å². The Hall–Kier alpha value is -12.4. The van der Waals surface area contributed by atoms with Gasteiger partial charge in [-0.05, 0) is 198 Å². The lowest BCUT2D eigenvalue weighted by Crippen LogP contribution is -2.24. The average molecular weight is 1840 g/mol. The molecule has 4 atom stereocenters. The van der Waals surface area contributed by atoms with E-state index in [0.29, 0.717) is 84.2 Å². The summed E-state index contributed by atoms with van der Waals surface area (Å²) in [6.07, 6.45) is 8.83. The highest BCUT2D eigenvalue weighted by Gasteiger charge is 2.33. The van der Waals surface area contributed by atoms with E-state index >= 15 is 0 Å². The molecule has 4 unspecified atom stereocenters. The summed E-state index contributed by atoms with van der Waals surface area (Å²) in [7, 11) is 5.96. The fourth-order valence-corrected chi connectivity index (χ4v) is 11.2. The zero-order chi connectivity index (χ0) is 84.8. The van der Waals surface area contributed by atoms with Crippen LogP contribution in [0.25, 0.3) is 0 Å². The minimum absolute atomic E-state index is 0.176. The number of nitrogens with one attached hydrogen (secondary N) is 2. The number of carbonyl (C=O) groups is 5. The van der Waals surface area contributed by atoms with Gasteiger partial charge in [0.05, 0.1) is 74.4 Å². The van der Waals surface area contributed by atoms with Crippen LogP contribution >= 0.6 is 63.7 Å². The van der Waals surface area contributed by atoms with Crippen LogP contribution in [0.3, 0.4) is 0 Å². The van der Waals surface area contributed by atoms with Gasteiger partial charge in [0.1, 0.15) is 48.1 Å². The first-order valence-electron chi connectivity index (χ1n) is 33.9. The molecule has 3 amide bonds. The zero-order valence-electron chi connectivity index (χ0n) is 62.6. The van der Waals surface area contributed by atoms with Crippen molar-refractivity contribution in [3.8, 4) is 12.1 Å². The fraction of sp³-hybridized carbons (Fsp3) is 0.175. The number of aldehydes is 1. The highest BCUT2D eigenvalue weighted by molar-refractivity contribution is 9.11. The minimum Gasteiger partial charge on any atom is -0.479 e. The molecule has 0 fully saturated rings. The van der Waals surface area contributed by atoms with Gasteiger partial charge in [0, 0.05) is 136 Å². The third-order valence-electron chi connectivity index (χ3n) is 15.9. The van der Waals surface area contributed by atoms with Crippen LogP contribution in [0, 0.1) is 43.4 Å². The number of aryl methyl sites for hydroxylation is 3. The summed E-state index contributed by atoms with van der Waals surface area (Å²) in [6, 6.07) is 40.7. The number of hydrogen-bond donors (Lipinski definition) is 7. The average Bonchev–Trinajstić information content (AvgIpc) is 1.56. The number of nitrogens with two attached hydrogens (primary N) is 4. The van der Waals surface area contributed by atoms with Gasteiger partial charge in [-0.3, -0.25) is 39.1 Å². The number of primary amides is 1. The number of ether oxygens (including phenoxy) is 4. The molecule has 9 aromatic heterocycles. The first-order chi connectivity index (χ1) is 55.4. The van der Waals surface area contributed by atoms with Gasteiger partial charge in [-0.2, -0.15) is 23.7 Å². The molecule has 13 rings (SSSR count). The predicted molar refractivity (Wildman–Crippen MR) is 442 cm³/mol. The Morgan fingerprint density at radius 2 is 0.966 bits per heavy atom. The van der Waals surface area contributed by atoms with E-state index < -0.39 is 41.7 Å². The molecule has 29 nitrogen and oxygen atoms in total. The predicted octanol–water partition coefficient (Wildman–Crippen LogP) is 15.1. The van der Waals surface area contributed by atoms with Crippen molar-refractivity contribution in [2.24, 2.45) is 15.7 Å². The van der Waals surface area contributed by atoms with Crippen molar-refractivity contribution in [2.45, 2.75) is 64.2 Å². The van der Waals surface area contributed by atoms with Gasteiger partial charge in [0.2, 0.25) is 5.91 Å². The molecule has 0 spiro atoms. The Morgan fingerprint density at radius 3 is 1.38 bits per heavy atom. The summed E-state index contributed by atoms with van der Waals surface area (Å²) in [5.74, 6) is -1.98. The number of aromatic nitrogens is 9. The molecule has 596 valence electrons. The Balaban J connectivity index is 0.000000196. The number of amides is 3.